The lowest BCUT2D eigenvalue weighted by Gasteiger charge is -2.24. The van der Waals surface area contributed by atoms with Crippen LogP contribution in [0.15, 0.2) is 18.2 Å². The minimum Gasteiger partial charge on any atom is -0.508 e. The van der Waals surface area contributed by atoms with E-state index in [2.05, 4.69) is 4.90 Å². The Labute approximate surface area is 111 Å². The van der Waals surface area contributed by atoms with Gasteiger partial charge in [0.2, 0.25) is 0 Å². The van der Waals surface area contributed by atoms with E-state index in [1.54, 1.807) is 19.1 Å². The van der Waals surface area contributed by atoms with Crippen LogP contribution in [0.5, 0.6) is 11.5 Å². The van der Waals surface area contributed by atoms with Crippen LogP contribution in [0, 0.1) is 5.41 Å². The van der Waals surface area contributed by atoms with Gasteiger partial charge < -0.3 is 14.9 Å². The molecule has 0 aromatic heterocycles. The van der Waals surface area contributed by atoms with Gasteiger partial charge in [-0.3, -0.25) is 9.69 Å². The molecule has 0 spiro atoms. The Hall–Kier alpha value is -1.75. The first-order chi connectivity index (χ1) is 8.99. The Morgan fingerprint density at radius 1 is 1.53 bits per heavy atom. The number of aromatic hydroxyl groups is 1. The van der Waals surface area contributed by atoms with Crippen molar-refractivity contribution in [1.82, 2.24) is 4.90 Å². The second-order valence-electron chi connectivity index (χ2n) is 5.64. The van der Waals surface area contributed by atoms with E-state index in [-0.39, 0.29) is 11.8 Å². The highest BCUT2D eigenvalue weighted by Crippen LogP contribution is 2.42. The fourth-order valence-electron chi connectivity index (χ4n) is 2.92. The van der Waals surface area contributed by atoms with Gasteiger partial charge in [0.15, 0.2) is 0 Å². The van der Waals surface area contributed by atoms with Crippen molar-refractivity contribution >= 4 is 5.97 Å². The number of hydrogen-bond donors (Lipinski definition) is 2. The number of carboxylic acids is 1. The summed E-state index contributed by atoms with van der Waals surface area (Å²) in [6, 6.07) is 5.21. The summed E-state index contributed by atoms with van der Waals surface area (Å²) in [6.45, 7) is 3.62. The number of phenolic OH excluding ortho intramolecular Hbond substituents is 1. The van der Waals surface area contributed by atoms with Crippen LogP contribution in [-0.4, -0.2) is 40.8 Å². The van der Waals surface area contributed by atoms with E-state index in [1.807, 2.05) is 6.07 Å². The summed E-state index contributed by atoms with van der Waals surface area (Å²) in [6.07, 6.45) is 0.659. The molecule has 1 aromatic carbocycles. The topological polar surface area (TPSA) is 70.0 Å². The van der Waals surface area contributed by atoms with Crippen LogP contribution in [-0.2, 0) is 4.79 Å². The molecule has 2 aliphatic rings. The maximum absolute atomic E-state index is 11.3. The molecule has 5 nitrogen and oxygen atoms in total. The Bertz CT molecular complexity index is 530. The fourth-order valence-corrected chi connectivity index (χ4v) is 2.92. The van der Waals surface area contributed by atoms with Gasteiger partial charge >= 0.3 is 5.97 Å². The Morgan fingerprint density at radius 2 is 2.32 bits per heavy atom. The molecule has 102 valence electrons. The first kappa shape index (κ1) is 12.3. The molecular formula is C14H17NO4. The lowest BCUT2D eigenvalue weighted by atomic mass is 9.90. The third-order valence-corrected chi connectivity index (χ3v) is 4.21. The molecule has 1 saturated heterocycles. The van der Waals surface area contributed by atoms with E-state index < -0.39 is 11.4 Å². The predicted molar refractivity (Wildman–Crippen MR) is 68.3 cm³/mol. The molecule has 3 rings (SSSR count). The van der Waals surface area contributed by atoms with Crippen LogP contribution in [0.4, 0.5) is 0 Å². The van der Waals surface area contributed by atoms with Gasteiger partial charge in [-0.1, -0.05) is 0 Å². The van der Waals surface area contributed by atoms with Crippen LogP contribution in [0.1, 0.15) is 24.9 Å². The lowest BCUT2D eigenvalue weighted by molar-refractivity contribution is -0.147. The van der Waals surface area contributed by atoms with Gasteiger partial charge in [0.1, 0.15) is 18.1 Å². The molecular weight excluding hydrogens is 246 g/mol. The number of fused-ring (bicyclic) bond motifs is 1. The molecule has 2 heterocycles. The monoisotopic (exact) mass is 263 g/mol. The van der Waals surface area contributed by atoms with Crippen LogP contribution >= 0.6 is 0 Å². The first-order valence-corrected chi connectivity index (χ1v) is 6.43. The number of carbonyl (C=O) groups is 1. The highest BCUT2D eigenvalue weighted by Gasteiger charge is 2.44. The molecule has 0 radical (unpaired) electrons. The zero-order chi connectivity index (χ0) is 13.6. The van der Waals surface area contributed by atoms with E-state index in [4.69, 9.17) is 4.74 Å². The average molecular weight is 263 g/mol. The molecule has 5 heteroatoms. The Morgan fingerprint density at radius 3 is 3.00 bits per heavy atom. The molecule has 2 aliphatic heterocycles. The predicted octanol–water partition coefficient (Wildman–Crippen LogP) is 1.62. The largest absolute Gasteiger partial charge is 0.508 e. The summed E-state index contributed by atoms with van der Waals surface area (Å²) >= 11 is 0. The maximum atomic E-state index is 11.3. The minimum absolute atomic E-state index is 0.0942. The van der Waals surface area contributed by atoms with Crippen LogP contribution < -0.4 is 4.74 Å². The minimum atomic E-state index is -0.736. The van der Waals surface area contributed by atoms with Crippen molar-refractivity contribution in [1.29, 1.82) is 0 Å². The quantitative estimate of drug-likeness (QED) is 0.848. The number of ether oxygens (including phenoxy) is 1. The SMILES string of the molecule is CC1(C(=O)O)CCN(C2COc3cc(O)ccc32)C1. The number of benzene rings is 1. The van der Waals surface area contributed by atoms with Crippen molar-refractivity contribution in [2.75, 3.05) is 19.7 Å². The normalized spacial score (nSPS) is 30.1. The number of likely N-dealkylation sites (tertiary alicyclic amines) is 1. The average Bonchev–Trinajstić information content (AvgIpc) is 2.93. The Kier molecular flexibility index (Phi) is 2.67. The lowest BCUT2D eigenvalue weighted by Crippen LogP contribution is -2.34. The van der Waals surface area contributed by atoms with Crippen LogP contribution in [0.2, 0.25) is 0 Å². The number of aliphatic carboxylic acids is 1. The number of rotatable bonds is 2. The van der Waals surface area contributed by atoms with Gasteiger partial charge in [0, 0.05) is 24.7 Å². The molecule has 0 aliphatic carbocycles. The summed E-state index contributed by atoms with van der Waals surface area (Å²) in [5.41, 5.74) is 0.368. The van der Waals surface area contributed by atoms with Gasteiger partial charge in [-0.25, -0.2) is 0 Å². The summed E-state index contributed by atoms with van der Waals surface area (Å²) in [5.74, 6) is 0.157. The second-order valence-corrected chi connectivity index (χ2v) is 5.64. The van der Waals surface area contributed by atoms with Gasteiger partial charge in [-0.2, -0.15) is 0 Å². The third-order valence-electron chi connectivity index (χ3n) is 4.21. The molecule has 2 N–H and O–H groups in total. The summed E-state index contributed by atoms with van der Waals surface area (Å²) in [5, 5.41) is 18.7. The van der Waals surface area contributed by atoms with Gasteiger partial charge in [-0.05, 0) is 25.5 Å². The molecule has 1 aromatic rings. The van der Waals surface area contributed by atoms with E-state index in [0.29, 0.717) is 25.3 Å². The smallest absolute Gasteiger partial charge is 0.310 e. The van der Waals surface area contributed by atoms with Crippen molar-refractivity contribution < 1.29 is 19.7 Å². The van der Waals surface area contributed by atoms with Gasteiger partial charge in [0.25, 0.3) is 0 Å². The molecule has 0 saturated carbocycles. The van der Waals surface area contributed by atoms with Crippen molar-refractivity contribution in [3.63, 3.8) is 0 Å². The molecule has 2 unspecified atom stereocenters. The van der Waals surface area contributed by atoms with Crippen molar-refractivity contribution in [3.8, 4) is 11.5 Å². The molecule has 1 fully saturated rings. The third kappa shape index (κ3) is 1.94. The van der Waals surface area contributed by atoms with E-state index in [1.165, 1.54) is 0 Å². The number of hydrogen-bond acceptors (Lipinski definition) is 4. The second kappa shape index (κ2) is 4.13. The summed E-state index contributed by atoms with van der Waals surface area (Å²) in [7, 11) is 0. The number of carboxylic acid groups (broad SMARTS) is 1. The standard InChI is InChI=1S/C14H17NO4/c1-14(13(17)18)4-5-15(8-14)11-7-19-12-6-9(16)2-3-10(11)12/h2-3,6,11,16H,4-5,7-8H2,1H3,(H,17,18). The molecule has 0 amide bonds. The number of phenols is 1. The first-order valence-electron chi connectivity index (χ1n) is 6.43. The summed E-state index contributed by atoms with van der Waals surface area (Å²) in [4.78, 5) is 13.4. The van der Waals surface area contributed by atoms with Crippen molar-refractivity contribution in [2.45, 2.75) is 19.4 Å². The molecule has 2 atom stereocenters. The molecule has 0 bridgehead atoms. The summed E-state index contributed by atoms with van der Waals surface area (Å²) < 4.78 is 5.58. The maximum Gasteiger partial charge on any atom is 0.310 e. The van der Waals surface area contributed by atoms with Crippen molar-refractivity contribution in [2.24, 2.45) is 5.41 Å². The Balaban J connectivity index is 1.82. The zero-order valence-electron chi connectivity index (χ0n) is 10.8. The van der Waals surface area contributed by atoms with E-state index in [9.17, 15) is 15.0 Å². The van der Waals surface area contributed by atoms with Crippen LogP contribution in [0.25, 0.3) is 0 Å². The molecule has 19 heavy (non-hydrogen) atoms. The van der Waals surface area contributed by atoms with E-state index in [0.717, 1.165) is 12.1 Å². The van der Waals surface area contributed by atoms with Gasteiger partial charge in [-0.15, -0.1) is 0 Å². The van der Waals surface area contributed by atoms with Crippen LogP contribution in [0.3, 0.4) is 0 Å². The van der Waals surface area contributed by atoms with Gasteiger partial charge in [0.05, 0.1) is 11.5 Å². The zero-order valence-corrected chi connectivity index (χ0v) is 10.8. The fraction of sp³-hybridized carbons (Fsp3) is 0.500. The highest BCUT2D eigenvalue weighted by atomic mass is 16.5. The van der Waals surface area contributed by atoms with Crippen molar-refractivity contribution in [3.05, 3.63) is 23.8 Å². The highest BCUT2D eigenvalue weighted by molar-refractivity contribution is 5.74. The van der Waals surface area contributed by atoms with E-state index >= 15 is 0 Å². The number of nitrogens with zero attached hydrogens (tertiary/aromatic N) is 1.